The number of hydrogen-bond acceptors (Lipinski definition) is 2. The van der Waals surface area contributed by atoms with Gasteiger partial charge in [-0.2, -0.15) is 0 Å². The highest BCUT2D eigenvalue weighted by Crippen LogP contribution is 2.10. The smallest absolute Gasteiger partial charge is 0.0428 e. The first-order valence-corrected chi connectivity index (χ1v) is 4.71. The van der Waals surface area contributed by atoms with E-state index in [0.29, 0.717) is 6.67 Å². The highest BCUT2D eigenvalue weighted by molar-refractivity contribution is 5.30. The maximum atomic E-state index is 5.34. The van der Waals surface area contributed by atoms with E-state index in [-0.39, 0.29) is 0 Å². The molecular weight excluding hydrogens is 160 g/mol. The Kier molecular flexibility index (Phi) is 3.93. The summed E-state index contributed by atoms with van der Waals surface area (Å²) in [6, 6.07) is 6.57. The van der Waals surface area contributed by atoms with E-state index in [9.17, 15) is 0 Å². The van der Waals surface area contributed by atoms with Crippen molar-refractivity contribution in [3.05, 3.63) is 34.9 Å². The lowest BCUT2D eigenvalue weighted by Crippen LogP contribution is -2.24. The Morgan fingerprint density at radius 3 is 2.69 bits per heavy atom. The third-order valence-corrected chi connectivity index (χ3v) is 2.21. The summed E-state index contributed by atoms with van der Waals surface area (Å²) in [5.74, 6) is 0. The summed E-state index contributed by atoms with van der Waals surface area (Å²) in [5.41, 5.74) is 9.45. The molecule has 0 bridgehead atoms. The number of hydrogen-bond donors (Lipinski definition) is 2. The van der Waals surface area contributed by atoms with Crippen LogP contribution in [0.25, 0.3) is 0 Å². The molecule has 1 rings (SSSR count). The quantitative estimate of drug-likeness (QED) is 0.539. The Labute approximate surface area is 80.1 Å². The Bertz CT molecular complexity index is 269. The van der Waals surface area contributed by atoms with E-state index in [1.807, 2.05) is 0 Å². The zero-order chi connectivity index (χ0) is 9.68. The number of benzene rings is 1. The molecule has 2 nitrogen and oxygen atoms in total. The molecule has 0 saturated heterocycles. The Balaban J connectivity index is 2.56. The molecule has 13 heavy (non-hydrogen) atoms. The second-order valence-electron chi connectivity index (χ2n) is 3.38. The number of nitrogens with two attached hydrogens (primary N) is 1. The first kappa shape index (κ1) is 10.2. The molecule has 0 amide bonds. The molecule has 0 atom stereocenters. The third kappa shape index (κ3) is 3.17. The SMILES string of the molecule is Cc1ccc(CCNCN)c(C)c1. The van der Waals surface area contributed by atoms with Gasteiger partial charge in [-0.05, 0) is 31.4 Å². The second-order valence-corrected chi connectivity index (χ2v) is 3.38. The van der Waals surface area contributed by atoms with E-state index >= 15 is 0 Å². The summed E-state index contributed by atoms with van der Waals surface area (Å²) in [6.07, 6.45) is 1.06. The fourth-order valence-electron chi connectivity index (χ4n) is 1.45. The van der Waals surface area contributed by atoms with Crippen molar-refractivity contribution in [2.45, 2.75) is 20.3 Å². The maximum Gasteiger partial charge on any atom is 0.0428 e. The molecule has 1 aromatic rings. The van der Waals surface area contributed by atoms with Gasteiger partial charge in [0.25, 0.3) is 0 Å². The van der Waals surface area contributed by atoms with Crippen LogP contribution in [-0.2, 0) is 6.42 Å². The van der Waals surface area contributed by atoms with Crippen molar-refractivity contribution in [2.75, 3.05) is 13.2 Å². The van der Waals surface area contributed by atoms with Crippen LogP contribution < -0.4 is 11.1 Å². The largest absolute Gasteiger partial charge is 0.318 e. The molecule has 0 radical (unpaired) electrons. The molecule has 1 aromatic carbocycles. The topological polar surface area (TPSA) is 38.0 Å². The van der Waals surface area contributed by atoms with Gasteiger partial charge in [-0.15, -0.1) is 0 Å². The average molecular weight is 178 g/mol. The average Bonchev–Trinajstić information content (AvgIpc) is 2.09. The van der Waals surface area contributed by atoms with Crippen molar-refractivity contribution in [3.8, 4) is 0 Å². The van der Waals surface area contributed by atoms with Crippen LogP contribution in [0.1, 0.15) is 16.7 Å². The van der Waals surface area contributed by atoms with E-state index in [4.69, 9.17) is 5.73 Å². The fraction of sp³-hybridized carbons (Fsp3) is 0.455. The molecule has 0 aliphatic carbocycles. The number of rotatable bonds is 4. The highest BCUT2D eigenvalue weighted by atomic mass is 14.9. The van der Waals surface area contributed by atoms with Gasteiger partial charge in [0.15, 0.2) is 0 Å². The first-order valence-electron chi connectivity index (χ1n) is 4.71. The van der Waals surface area contributed by atoms with Crippen molar-refractivity contribution < 1.29 is 0 Å². The molecule has 0 aliphatic rings. The van der Waals surface area contributed by atoms with Crippen LogP contribution in [-0.4, -0.2) is 13.2 Å². The van der Waals surface area contributed by atoms with Crippen LogP contribution >= 0.6 is 0 Å². The minimum Gasteiger partial charge on any atom is -0.318 e. The van der Waals surface area contributed by atoms with Gasteiger partial charge < -0.3 is 11.1 Å². The van der Waals surface area contributed by atoms with Crippen LogP contribution in [0.4, 0.5) is 0 Å². The Morgan fingerprint density at radius 1 is 1.31 bits per heavy atom. The number of aryl methyl sites for hydroxylation is 2. The van der Waals surface area contributed by atoms with Crippen LogP contribution in [0.15, 0.2) is 18.2 Å². The van der Waals surface area contributed by atoms with E-state index < -0.39 is 0 Å². The molecule has 0 aliphatic heterocycles. The standard InChI is InChI=1S/C11H18N2/c1-9-3-4-11(10(2)7-9)5-6-13-8-12/h3-4,7,13H,5-6,8,12H2,1-2H3. The molecule has 72 valence electrons. The van der Waals surface area contributed by atoms with Gasteiger partial charge in [-0.3, -0.25) is 0 Å². The van der Waals surface area contributed by atoms with E-state index in [0.717, 1.165) is 13.0 Å². The van der Waals surface area contributed by atoms with Gasteiger partial charge in [0.2, 0.25) is 0 Å². The molecule has 0 saturated carbocycles. The van der Waals surface area contributed by atoms with Crippen LogP contribution in [0.2, 0.25) is 0 Å². The van der Waals surface area contributed by atoms with E-state index in [1.54, 1.807) is 0 Å². The lowest BCUT2D eigenvalue weighted by molar-refractivity contribution is 0.699. The van der Waals surface area contributed by atoms with Gasteiger partial charge in [0.05, 0.1) is 0 Å². The van der Waals surface area contributed by atoms with Crippen molar-refractivity contribution in [1.29, 1.82) is 0 Å². The molecule has 0 unspecified atom stereocenters. The van der Waals surface area contributed by atoms with Crippen LogP contribution in [0.3, 0.4) is 0 Å². The maximum absolute atomic E-state index is 5.34. The molecule has 2 heteroatoms. The zero-order valence-electron chi connectivity index (χ0n) is 8.43. The molecule has 0 aromatic heterocycles. The zero-order valence-corrected chi connectivity index (χ0v) is 8.43. The predicted octanol–water partition coefficient (Wildman–Crippen LogP) is 1.35. The summed E-state index contributed by atoms with van der Waals surface area (Å²) in [7, 11) is 0. The molecule has 0 heterocycles. The van der Waals surface area contributed by atoms with Gasteiger partial charge in [-0.25, -0.2) is 0 Å². The minimum atomic E-state index is 0.560. The van der Waals surface area contributed by atoms with Gasteiger partial charge in [-0.1, -0.05) is 23.8 Å². The van der Waals surface area contributed by atoms with Gasteiger partial charge in [0, 0.05) is 13.2 Å². The lowest BCUT2D eigenvalue weighted by atomic mass is 10.0. The van der Waals surface area contributed by atoms with Crippen LogP contribution in [0.5, 0.6) is 0 Å². The summed E-state index contributed by atoms with van der Waals surface area (Å²) in [6.45, 7) is 5.80. The Hall–Kier alpha value is -0.860. The highest BCUT2D eigenvalue weighted by Gasteiger charge is 1.97. The molecular formula is C11H18N2. The van der Waals surface area contributed by atoms with Gasteiger partial charge in [0.1, 0.15) is 0 Å². The summed E-state index contributed by atoms with van der Waals surface area (Å²) < 4.78 is 0. The van der Waals surface area contributed by atoms with Crippen molar-refractivity contribution in [2.24, 2.45) is 5.73 Å². The minimum absolute atomic E-state index is 0.560. The van der Waals surface area contributed by atoms with Crippen LogP contribution in [0, 0.1) is 13.8 Å². The first-order chi connectivity index (χ1) is 6.24. The molecule has 3 N–H and O–H groups in total. The summed E-state index contributed by atoms with van der Waals surface area (Å²) >= 11 is 0. The van der Waals surface area contributed by atoms with Crippen molar-refractivity contribution in [1.82, 2.24) is 5.32 Å². The number of nitrogens with one attached hydrogen (secondary N) is 1. The van der Waals surface area contributed by atoms with Crippen molar-refractivity contribution in [3.63, 3.8) is 0 Å². The monoisotopic (exact) mass is 178 g/mol. The normalized spacial score (nSPS) is 10.4. The van der Waals surface area contributed by atoms with E-state index in [1.165, 1.54) is 16.7 Å². The lowest BCUT2D eigenvalue weighted by Gasteiger charge is -2.06. The summed E-state index contributed by atoms with van der Waals surface area (Å²) in [5, 5.41) is 3.12. The summed E-state index contributed by atoms with van der Waals surface area (Å²) in [4.78, 5) is 0. The predicted molar refractivity (Wildman–Crippen MR) is 56.7 cm³/mol. The van der Waals surface area contributed by atoms with E-state index in [2.05, 4.69) is 37.4 Å². The second kappa shape index (κ2) is 5.00. The Morgan fingerprint density at radius 2 is 2.08 bits per heavy atom. The van der Waals surface area contributed by atoms with Gasteiger partial charge >= 0.3 is 0 Å². The third-order valence-electron chi connectivity index (χ3n) is 2.21. The molecule has 0 fully saturated rings. The fourth-order valence-corrected chi connectivity index (χ4v) is 1.45. The molecule has 0 spiro atoms. The van der Waals surface area contributed by atoms with Crippen molar-refractivity contribution >= 4 is 0 Å².